The zero-order valence-corrected chi connectivity index (χ0v) is 11.3. The lowest BCUT2D eigenvalue weighted by Gasteiger charge is -2.15. The van der Waals surface area contributed by atoms with Gasteiger partial charge >= 0.3 is 6.09 Å². The molecule has 0 aliphatic carbocycles. The lowest BCUT2D eigenvalue weighted by molar-refractivity contribution is 0.0607. The lowest BCUT2D eigenvalue weighted by Crippen LogP contribution is -2.21. The molecule has 0 aliphatic heterocycles. The quantitative estimate of drug-likeness (QED) is 0.867. The second-order valence-corrected chi connectivity index (χ2v) is 4.36. The molecule has 20 heavy (non-hydrogen) atoms. The van der Waals surface area contributed by atoms with Crippen LogP contribution in [0.25, 0.3) is 5.82 Å². The third-order valence-corrected chi connectivity index (χ3v) is 2.93. The van der Waals surface area contributed by atoms with Gasteiger partial charge in [0.2, 0.25) is 0 Å². The number of carbonyl (C=O) groups excluding carboxylic acids is 1. The number of aromatic nitrogens is 3. The van der Waals surface area contributed by atoms with E-state index in [-0.39, 0.29) is 0 Å². The van der Waals surface area contributed by atoms with E-state index in [2.05, 4.69) is 9.97 Å². The van der Waals surface area contributed by atoms with Crippen molar-refractivity contribution in [3.8, 4) is 5.82 Å². The van der Waals surface area contributed by atoms with Crippen LogP contribution in [-0.2, 0) is 4.74 Å². The van der Waals surface area contributed by atoms with E-state index in [1.54, 1.807) is 6.07 Å². The summed E-state index contributed by atoms with van der Waals surface area (Å²) in [5.74, 6) is 0.640. The largest absolute Gasteiger partial charge is 0.437 e. The molecule has 2 heterocycles. The number of nitrogens with zero attached hydrogens (tertiary/aromatic N) is 3. The van der Waals surface area contributed by atoms with Crippen LogP contribution in [0.1, 0.15) is 23.2 Å². The Morgan fingerprint density at radius 1 is 1.40 bits per heavy atom. The molecule has 1 unspecified atom stereocenters. The van der Waals surface area contributed by atoms with Crippen LogP contribution in [-0.4, -0.2) is 32.3 Å². The van der Waals surface area contributed by atoms with Crippen molar-refractivity contribution in [2.24, 2.45) is 5.73 Å². The fourth-order valence-corrected chi connectivity index (χ4v) is 2.02. The smallest absolute Gasteiger partial charge is 0.405 e. The molecule has 2 aromatic heterocycles. The van der Waals surface area contributed by atoms with Crippen molar-refractivity contribution >= 4 is 6.09 Å². The number of carbonyl (C=O) groups is 1. The fraction of sp³-hybridized carbons (Fsp3) is 0.308. The molecule has 0 saturated carbocycles. The minimum atomic E-state index is -0.961. The number of aryl methyl sites for hydroxylation is 2. The van der Waals surface area contributed by atoms with Gasteiger partial charge in [0.25, 0.3) is 0 Å². The maximum Gasteiger partial charge on any atom is 0.405 e. The van der Waals surface area contributed by atoms with Crippen LogP contribution >= 0.6 is 0 Å². The van der Waals surface area contributed by atoms with Gasteiger partial charge in [-0.1, -0.05) is 0 Å². The average molecular weight is 276 g/mol. The molecule has 106 valence electrons. The van der Waals surface area contributed by atoms with Gasteiger partial charge in [0.1, 0.15) is 12.1 Å². The van der Waals surface area contributed by atoms with Gasteiger partial charge in [0, 0.05) is 17.5 Å². The highest BCUT2D eigenvalue weighted by atomic mass is 16.6. The molecule has 7 heteroatoms. The second kappa shape index (κ2) is 5.70. The van der Waals surface area contributed by atoms with Crippen LogP contribution in [0.3, 0.4) is 0 Å². The van der Waals surface area contributed by atoms with Crippen LogP contribution in [0, 0.1) is 13.8 Å². The van der Waals surface area contributed by atoms with Gasteiger partial charge in [0.05, 0.1) is 12.3 Å². The molecule has 0 aromatic carbocycles. The Hall–Kier alpha value is -2.41. The molecule has 0 bridgehead atoms. The number of ether oxygens (including phenoxy) is 1. The molecule has 0 spiro atoms. The Labute approximate surface area is 116 Å². The molecular weight excluding hydrogens is 260 g/mol. The van der Waals surface area contributed by atoms with E-state index in [1.807, 2.05) is 30.5 Å². The zero-order chi connectivity index (χ0) is 14.7. The minimum Gasteiger partial charge on any atom is -0.437 e. The van der Waals surface area contributed by atoms with Gasteiger partial charge in [-0.15, -0.1) is 0 Å². The molecular formula is C13H16N4O3. The van der Waals surface area contributed by atoms with Gasteiger partial charge < -0.3 is 20.1 Å². The summed E-state index contributed by atoms with van der Waals surface area (Å²) in [5.41, 5.74) is 7.39. The van der Waals surface area contributed by atoms with Crippen molar-refractivity contribution in [3.63, 3.8) is 0 Å². The summed E-state index contributed by atoms with van der Waals surface area (Å²) in [6, 6.07) is 5.60. The SMILES string of the molecule is Cc1ccc(C)n1-c1cc(C(CO)OC(N)=O)ncn1. The van der Waals surface area contributed by atoms with Crippen molar-refractivity contribution in [1.29, 1.82) is 0 Å². The second-order valence-electron chi connectivity index (χ2n) is 4.36. The van der Waals surface area contributed by atoms with Crippen molar-refractivity contribution in [3.05, 3.63) is 41.6 Å². The Morgan fingerprint density at radius 2 is 2.05 bits per heavy atom. The van der Waals surface area contributed by atoms with Gasteiger partial charge in [0.15, 0.2) is 6.10 Å². The number of aliphatic hydroxyl groups excluding tert-OH is 1. The third kappa shape index (κ3) is 2.77. The Bertz CT molecular complexity index is 604. The van der Waals surface area contributed by atoms with E-state index in [0.717, 1.165) is 11.4 Å². The molecule has 2 aromatic rings. The van der Waals surface area contributed by atoms with Crippen molar-refractivity contribution in [2.45, 2.75) is 20.0 Å². The molecule has 0 radical (unpaired) electrons. The van der Waals surface area contributed by atoms with E-state index >= 15 is 0 Å². The highest BCUT2D eigenvalue weighted by molar-refractivity contribution is 5.65. The predicted molar refractivity (Wildman–Crippen MR) is 71.3 cm³/mol. The molecule has 0 saturated heterocycles. The number of aliphatic hydroxyl groups is 1. The van der Waals surface area contributed by atoms with E-state index in [9.17, 15) is 9.90 Å². The summed E-state index contributed by atoms with van der Waals surface area (Å²) in [6.07, 6.45) is -0.501. The molecule has 2 rings (SSSR count). The number of primary amides is 1. The summed E-state index contributed by atoms with van der Waals surface area (Å²) >= 11 is 0. The van der Waals surface area contributed by atoms with Crippen LogP contribution in [0.5, 0.6) is 0 Å². The van der Waals surface area contributed by atoms with Crippen molar-refractivity contribution in [2.75, 3.05) is 6.61 Å². The minimum absolute atomic E-state index is 0.392. The Balaban J connectivity index is 2.39. The first-order chi connectivity index (χ1) is 9.52. The summed E-state index contributed by atoms with van der Waals surface area (Å²) in [4.78, 5) is 19.0. The molecule has 7 nitrogen and oxygen atoms in total. The van der Waals surface area contributed by atoms with Gasteiger partial charge in [-0.25, -0.2) is 14.8 Å². The summed E-state index contributed by atoms with van der Waals surface area (Å²) in [6.45, 7) is 3.51. The average Bonchev–Trinajstić information content (AvgIpc) is 2.75. The summed E-state index contributed by atoms with van der Waals surface area (Å²) in [7, 11) is 0. The normalized spacial score (nSPS) is 12.2. The highest BCUT2D eigenvalue weighted by Gasteiger charge is 2.17. The Kier molecular flexibility index (Phi) is 3.99. The molecule has 0 fully saturated rings. The first-order valence-electron chi connectivity index (χ1n) is 6.07. The standard InChI is InChI=1S/C13H16N4O3/c1-8-3-4-9(2)17(8)12-5-10(15-7-16-12)11(6-18)20-13(14)19/h3-5,7,11,18H,6H2,1-2H3,(H2,14,19). The van der Waals surface area contributed by atoms with Crippen LogP contribution in [0.15, 0.2) is 24.5 Å². The van der Waals surface area contributed by atoms with Gasteiger partial charge in [-0.05, 0) is 26.0 Å². The van der Waals surface area contributed by atoms with E-state index in [1.165, 1.54) is 6.33 Å². The number of nitrogens with two attached hydrogens (primary N) is 1. The van der Waals surface area contributed by atoms with Crippen LogP contribution in [0.4, 0.5) is 4.79 Å². The monoisotopic (exact) mass is 276 g/mol. The number of amides is 1. The maximum atomic E-state index is 10.8. The van der Waals surface area contributed by atoms with E-state index in [0.29, 0.717) is 11.5 Å². The van der Waals surface area contributed by atoms with Crippen molar-refractivity contribution < 1.29 is 14.6 Å². The first-order valence-corrected chi connectivity index (χ1v) is 6.07. The number of hydrogen-bond donors (Lipinski definition) is 2. The topological polar surface area (TPSA) is 103 Å². The lowest BCUT2D eigenvalue weighted by atomic mass is 10.2. The molecule has 1 atom stereocenters. The van der Waals surface area contributed by atoms with E-state index in [4.69, 9.17) is 10.5 Å². The van der Waals surface area contributed by atoms with Crippen molar-refractivity contribution in [1.82, 2.24) is 14.5 Å². The summed E-state index contributed by atoms with van der Waals surface area (Å²) in [5, 5.41) is 9.26. The first kappa shape index (κ1) is 14.0. The predicted octanol–water partition coefficient (Wildman–Crippen LogP) is 1.01. The van der Waals surface area contributed by atoms with Crippen LogP contribution in [0.2, 0.25) is 0 Å². The number of rotatable bonds is 4. The molecule has 3 N–H and O–H groups in total. The Morgan fingerprint density at radius 3 is 2.60 bits per heavy atom. The molecule has 1 amide bonds. The number of hydrogen-bond acceptors (Lipinski definition) is 5. The third-order valence-electron chi connectivity index (χ3n) is 2.93. The summed E-state index contributed by atoms with van der Waals surface area (Å²) < 4.78 is 6.74. The zero-order valence-electron chi connectivity index (χ0n) is 11.3. The maximum absolute atomic E-state index is 10.8. The van der Waals surface area contributed by atoms with Gasteiger partial charge in [-0.3, -0.25) is 0 Å². The van der Waals surface area contributed by atoms with Crippen LogP contribution < -0.4 is 5.73 Å². The van der Waals surface area contributed by atoms with E-state index < -0.39 is 18.8 Å². The fourth-order valence-electron chi connectivity index (χ4n) is 2.02. The molecule has 0 aliphatic rings. The highest BCUT2D eigenvalue weighted by Crippen LogP contribution is 2.19. The van der Waals surface area contributed by atoms with Gasteiger partial charge in [-0.2, -0.15) is 0 Å².